The number of allylic oxidation sites excluding steroid dienone is 22. The molecule has 0 heterocycles. The van der Waals surface area contributed by atoms with Crippen molar-refractivity contribution >= 4 is 19.8 Å². The predicted octanol–water partition coefficient (Wildman–Crippen LogP) is 22.1. The number of phosphoric ester groups is 1. The van der Waals surface area contributed by atoms with Gasteiger partial charge in [-0.25, -0.2) is 4.57 Å². The van der Waals surface area contributed by atoms with Crippen molar-refractivity contribution in [2.24, 2.45) is 5.73 Å². The predicted molar refractivity (Wildman–Crippen MR) is 357 cm³/mol. The maximum Gasteiger partial charge on any atom is 0.472 e. The molecule has 0 aliphatic rings. The van der Waals surface area contributed by atoms with Crippen LogP contribution in [0.3, 0.4) is 0 Å². The van der Waals surface area contributed by atoms with Crippen molar-refractivity contribution in [2.75, 3.05) is 26.4 Å². The summed E-state index contributed by atoms with van der Waals surface area (Å²) in [6.07, 6.45) is 95.3. The zero-order valence-electron chi connectivity index (χ0n) is 53.1. The van der Waals surface area contributed by atoms with Crippen molar-refractivity contribution in [1.29, 1.82) is 0 Å². The van der Waals surface area contributed by atoms with E-state index >= 15 is 0 Å². The van der Waals surface area contributed by atoms with Crippen LogP contribution in [0.4, 0.5) is 0 Å². The van der Waals surface area contributed by atoms with Gasteiger partial charge in [0.15, 0.2) is 6.10 Å². The van der Waals surface area contributed by atoms with E-state index in [0.717, 1.165) is 109 Å². The van der Waals surface area contributed by atoms with Gasteiger partial charge in [-0.2, -0.15) is 0 Å². The van der Waals surface area contributed by atoms with Gasteiger partial charge in [-0.05, 0) is 109 Å². The zero-order chi connectivity index (χ0) is 60.1. The minimum absolute atomic E-state index is 0.0485. The summed E-state index contributed by atoms with van der Waals surface area (Å²) >= 11 is 0. The molecule has 2 atom stereocenters. The lowest BCUT2D eigenvalue weighted by molar-refractivity contribution is -0.161. The van der Waals surface area contributed by atoms with Crippen molar-refractivity contribution in [3.8, 4) is 0 Å². The molecule has 0 aliphatic heterocycles. The summed E-state index contributed by atoms with van der Waals surface area (Å²) in [6.45, 7) is 3.53. The van der Waals surface area contributed by atoms with Gasteiger partial charge in [0.1, 0.15) is 6.61 Å². The average Bonchev–Trinajstić information content (AvgIpc) is 3.49. The Balaban J connectivity index is 3.91. The first-order valence-corrected chi connectivity index (χ1v) is 35.2. The molecule has 0 aromatic heterocycles. The summed E-state index contributed by atoms with van der Waals surface area (Å²) in [6, 6.07) is 0. The molecule has 3 N–H and O–H groups in total. The third-order valence-corrected chi connectivity index (χ3v) is 15.0. The van der Waals surface area contributed by atoms with Crippen molar-refractivity contribution in [3.05, 3.63) is 134 Å². The first-order valence-electron chi connectivity index (χ1n) is 33.7. The largest absolute Gasteiger partial charge is 0.472 e. The fraction of sp³-hybridized carbons (Fsp3) is 0.671. The van der Waals surface area contributed by atoms with Gasteiger partial charge in [-0.1, -0.05) is 295 Å². The molecule has 0 aliphatic carbocycles. The van der Waals surface area contributed by atoms with Crippen LogP contribution >= 0.6 is 7.82 Å². The molecule has 0 saturated heterocycles. The lowest BCUT2D eigenvalue weighted by atomic mass is 10.0. The molecule has 83 heavy (non-hydrogen) atoms. The molecular formula is C73H124NO8P. The summed E-state index contributed by atoms with van der Waals surface area (Å²) in [4.78, 5) is 35.3. The fourth-order valence-corrected chi connectivity index (χ4v) is 9.90. The lowest BCUT2D eigenvalue weighted by Crippen LogP contribution is -2.29. The number of carbonyl (C=O) groups is 2. The highest BCUT2D eigenvalue weighted by Gasteiger charge is 2.26. The number of carbonyl (C=O) groups excluding carboxylic acids is 2. The summed E-state index contributed by atoms with van der Waals surface area (Å²) in [5.74, 6) is -0.829. The molecule has 2 unspecified atom stereocenters. The highest BCUT2D eigenvalue weighted by molar-refractivity contribution is 7.47. The Morgan fingerprint density at radius 1 is 0.361 bits per heavy atom. The van der Waals surface area contributed by atoms with Crippen LogP contribution in [0.25, 0.3) is 0 Å². The normalized spacial score (nSPS) is 13.8. The number of hydrogen-bond donors (Lipinski definition) is 2. The molecule has 0 bridgehead atoms. The smallest absolute Gasteiger partial charge is 0.462 e. The van der Waals surface area contributed by atoms with Crippen LogP contribution in [0.1, 0.15) is 284 Å². The lowest BCUT2D eigenvalue weighted by Gasteiger charge is -2.19. The van der Waals surface area contributed by atoms with E-state index in [2.05, 4.69) is 148 Å². The molecule has 0 aromatic carbocycles. The van der Waals surface area contributed by atoms with E-state index in [0.29, 0.717) is 6.42 Å². The van der Waals surface area contributed by atoms with Gasteiger partial charge in [0.2, 0.25) is 0 Å². The number of hydrogen-bond acceptors (Lipinski definition) is 8. The molecular weight excluding hydrogens is 1050 g/mol. The van der Waals surface area contributed by atoms with Crippen LogP contribution < -0.4 is 5.73 Å². The van der Waals surface area contributed by atoms with Gasteiger partial charge < -0.3 is 20.1 Å². The third kappa shape index (κ3) is 67.2. The quantitative estimate of drug-likeness (QED) is 0.0264. The van der Waals surface area contributed by atoms with Crippen molar-refractivity contribution < 1.29 is 37.6 Å². The monoisotopic (exact) mass is 1170 g/mol. The van der Waals surface area contributed by atoms with Crippen LogP contribution in [-0.2, 0) is 32.7 Å². The molecule has 0 rings (SSSR count). The standard InChI is InChI=1S/C73H124NO8P/c1-3-5-7-9-11-13-15-17-19-21-23-25-27-29-30-31-32-33-34-35-36-37-38-39-40-42-44-46-48-50-52-54-56-58-60-62-64-66-73(76)82-71(70-81-83(77,78)80-68-67-74)69-79-72(75)65-63-61-59-57-55-53-51-49-47-45-43-41-28-26-24-22-20-18-16-14-12-10-8-6-4-2/h5-8,11-14,17-20,23-26,29-30,32-33,35-36,71H,3-4,9-10,15-16,21-22,27-28,31,34,37-70,74H2,1-2H3,(H,77,78)/b7-5-,8-6-,13-11-,14-12-,19-17-,20-18-,25-23-,26-24-,30-29-,33-32-,36-35-. The van der Waals surface area contributed by atoms with Gasteiger partial charge in [0.25, 0.3) is 0 Å². The molecule has 0 saturated carbocycles. The van der Waals surface area contributed by atoms with Crippen LogP contribution in [0.5, 0.6) is 0 Å². The number of unbranched alkanes of at least 4 members (excludes halogenated alkanes) is 27. The van der Waals surface area contributed by atoms with Gasteiger partial charge in [0.05, 0.1) is 13.2 Å². The van der Waals surface area contributed by atoms with E-state index in [4.69, 9.17) is 24.3 Å². The minimum atomic E-state index is -4.40. The molecule has 0 radical (unpaired) electrons. The minimum Gasteiger partial charge on any atom is -0.462 e. The summed E-state index contributed by atoms with van der Waals surface area (Å²) in [5.41, 5.74) is 5.40. The number of rotatable bonds is 62. The SMILES string of the molecule is CC/C=C\C/C=C\C/C=C\C/C=C\C/C=C\C/C=C\C/C=C\CCCCCCCCCCCCCCCCCC(=O)OC(COC(=O)CCCCCCCCCCCCCC/C=C\C/C=C\C/C=C\C/C=C\CC)COP(=O)(O)OCCN. The number of nitrogens with two attached hydrogens (primary N) is 1. The maximum absolute atomic E-state index is 12.8. The summed E-state index contributed by atoms with van der Waals surface area (Å²) < 4.78 is 33.2. The van der Waals surface area contributed by atoms with Gasteiger partial charge in [-0.3, -0.25) is 18.6 Å². The number of esters is 2. The second-order valence-corrected chi connectivity index (χ2v) is 23.4. The van der Waals surface area contributed by atoms with Gasteiger partial charge >= 0.3 is 19.8 Å². The molecule has 474 valence electrons. The molecule has 0 aromatic rings. The molecule has 0 amide bonds. The Morgan fingerprint density at radius 3 is 0.928 bits per heavy atom. The number of phosphoric acid groups is 1. The third-order valence-electron chi connectivity index (χ3n) is 14.0. The second kappa shape index (κ2) is 67.3. The molecule has 0 spiro atoms. The highest BCUT2D eigenvalue weighted by Crippen LogP contribution is 2.43. The fourth-order valence-electron chi connectivity index (χ4n) is 9.14. The first kappa shape index (κ1) is 79.2. The van der Waals surface area contributed by atoms with Gasteiger partial charge in [-0.15, -0.1) is 0 Å². The van der Waals surface area contributed by atoms with Crippen molar-refractivity contribution in [2.45, 2.75) is 290 Å². The van der Waals surface area contributed by atoms with Gasteiger partial charge in [0, 0.05) is 19.4 Å². The van der Waals surface area contributed by atoms with E-state index in [1.165, 1.54) is 141 Å². The van der Waals surface area contributed by atoms with E-state index in [1.54, 1.807) is 0 Å². The van der Waals surface area contributed by atoms with E-state index in [9.17, 15) is 19.0 Å². The van der Waals surface area contributed by atoms with Crippen LogP contribution in [-0.4, -0.2) is 49.3 Å². The first-order chi connectivity index (χ1) is 40.8. The molecule has 10 heteroatoms. The van der Waals surface area contributed by atoms with E-state index in [1.807, 2.05) is 0 Å². The molecule has 9 nitrogen and oxygen atoms in total. The van der Waals surface area contributed by atoms with E-state index in [-0.39, 0.29) is 38.6 Å². The summed E-state index contributed by atoms with van der Waals surface area (Å²) in [5, 5.41) is 0. The van der Waals surface area contributed by atoms with Crippen molar-refractivity contribution in [3.63, 3.8) is 0 Å². The Morgan fingerprint density at radius 2 is 0.627 bits per heavy atom. The Hall–Kier alpha value is -3.85. The molecule has 0 fully saturated rings. The number of ether oxygens (including phenoxy) is 2. The Labute approximate surface area is 510 Å². The van der Waals surface area contributed by atoms with Crippen LogP contribution in [0.2, 0.25) is 0 Å². The van der Waals surface area contributed by atoms with Crippen LogP contribution in [0.15, 0.2) is 134 Å². The van der Waals surface area contributed by atoms with Crippen molar-refractivity contribution in [1.82, 2.24) is 0 Å². The average molecular weight is 1170 g/mol. The zero-order valence-corrected chi connectivity index (χ0v) is 54.0. The topological polar surface area (TPSA) is 134 Å². The summed E-state index contributed by atoms with van der Waals surface area (Å²) in [7, 11) is -4.40. The Bertz CT molecular complexity index is 1820. The maximum atomic E-state index is 12.8. The Kier molecular flexibility index (Phi) is 64.2. The van der Waals surface area contributed by atoms with Crippen LogP contribution in [0, 0.1) is 0 Å². The van der Waals surface area contributed by atoms with E-state index < -0.39 is 26.5 Å². The highest BCUT2D eigenvalue weighted by atomic mass is 31.2. The second-order valence-electron chi connectivity index (χ2n) is 21.9.